The number of aromatic nitrogens is 2. The van der Waals surface area contributed by atoms with Gasteiger partial charge < -0.3 is 15.4 Å². The Labute approximate surface area is 113 Å². The van der Waals surface area contributed by atoms with Gasteiger partial charge in [-0.25, -0.2) is 4.79 Å². The normalized spacial score (nSPS) is 22.1. The summed E-state index contributed by atoms with van der Waals surface area (Å²) in [6, 6.07) is 0.499. The van der Waals surface area contributed by atoms with Crippen LogP contribution in [0.4, 0.5) is 4.79 Å². The number of nitrogens with one attached hydrogen (secondary N) is 2. The van der Waals surface area contributed by atoms with Gasteiger partial charge in [0.15, 0.2) is 0 Å². The molecular formula is C13H22N4O2. The molecule has 2 atom stereocenters. The van der Waals surface area contributed by atoms with Gasteiger partial charge in [-0.2, -0.15) is 5.10 Å². The van der Waals surface area contributed by atoms with E-state index < -0.39 is 5.60 Å². The van der Waals surface area contributed by atoms with Crippen LogP contribution in [0.1, 0.15) is 32.8 Å². The number of alkyl carbamates (subject to hydrolysis) is 1. The van der Waals surface area contributed by atoms with Crippen molar-refractivity contribution in [2.24, 2.45) is 7.05 Å². The van der Waals surface area contributed by atoms with E-state index in [9.17, 15) is 4.79 Å². The van der Waals surface area contributed by atoms with E-state index in [0.717, 1.165) is 18.5 Å². The molecule has 1 heterocycles. The van der Waals surface area contributed by atoms with Gasteiger partial charge in [0, 0.05) is 37.4 Å². The molecule has 2 N–H and O–H groups in total. The molecule has 1 aliphatic carbocycles. The fraction of sp³-hybridized carbons (Fsp3) is 0.692. The molecule has 0 aliphatic heterocycles. The molecule has 106 valence electrons. The van der Waals surface area contributed by atoms with Crippen molar-refractivity contribution < 1.29 is 9.53 Å². The van der Waals surface area contributed by atoms with Crippen molar-refractivity contribution >= 4 is 6.09 Å². The van der Waals surface area contributed by atoms with Gasteiger partial charge in [-0.15, -0.1) is 0 Å². The van der Waals surface area contributed by atoms with Gasteiger partial charge in [0.2, 0.25) is 0 Å². The molecule has 2 rings (SSSR count). The van der Waals surface area contributed by atoms with E-state index in [1.54, 1.807) is 4.68 Å². The third-order valence-electron chi connectivity index (χ3n) is 2.82. The second kappa shape index (κ2) is 5.21. The van der Waals surface area contributed by atoms with Gasteiger partial charge in [-0.3, -0.25) is 4.68 Å². The first-order valence-electron chi connectivity index (χ1n) is 6.54. The molecule has 1 saturated carbocycles. The molecule has 6 heteroatoms. The number of aryl methyl sites for hydroxylation is 1. The van der Waals surface area contributed by atoms with E-state index in [1.165, 1.54) is 0 Å². The molecule has 2 unspecified atom stereocenters. The first-order chi connectivity index (χ1) is 8.83. The average molecular weight is 266 g/mol. The standard InChI is InChI=1S/C13H22N4O2/c1-13(2,3)19-12(18)16-11-5-10(11)14-6-9-7-15-17(4)8-9/h7-8,10-11,14H,5-6H2,1-4H3,(H,16,18). The Hall–Kier alpha value is -1.56. The predicted octanol–water partition coefficient (Wildman–Crippen LogP) is 1.18. The molecule has 0 radical (unpaired) electrons. The molecule has 19 heavy (non-hydrogen) atoms. The Bertz CT molecular complexity index is 450. The summed E-state index contributed by atoms with van der Waals surface area (Å²) >= 11 is 0. The van der Waals surface area contributed by atoms with E-state index >= 15 is 0 Å². The van der Waals surface area contributed by atoms with Gasteiger partial charge >= 0.3 is 6.09 Å². The minimum atomic E-state index is -0.447. The SMILES string of the molecule is Cn1cc(CNC2CC2NC(=O)OC(C)(C)C)cn1. The van der Waals surface area contributed by atoms with Crippen molar-refractivity contribution in [2.75, 3.05) is 0 Å². The maximum atomic E-state index is 11.6. The van der Waals surface area contributed by atoms with Crippen molar-refractivity contribution in [2.45, 2.75) is 51.4 Å². The van der Waals surface area contributed by atoms with Crippen LogP contribution in [0.15, 0.2) is 12.4 Å². The van der Waals surface area contributed by atoms with Gasteiger partial charge in [0.05, 0.1) is 6.20 Å². The van der Waals surface area contributed by atoms with Crippen LogP contribution in [0, 0.1) is 0 Å². The second-order valence-corrected chi connectivity index (χ2v) is 6.00. The highest BCUT2D eigenvalue weighted by molar-refractivity contribution is 5.68. The highest BCUT2D eigenvalue weighted by Crippen LogP contribution is 2.22. The summed E-state index contributed by atoms with van der Waals surface area (Å²) in [4.78, 5) is 11.6. The van der Waals surface area contributed by atoms with E-state index in [1.807, 2.05) is 40.2 Å². The third-order valence-corrected chi connectivity index (χ3v) is 2.82. The first-order valence-corrected chi connectivity index (χ1v) is 6.54. The quantitative estimate of drug-likeness (QED) is 0.858. The highest BCUT2D eigenvalue weighted by atomic mass is 16.6. The zero-order valence-corrected chi connectivity index (χ0v) is 11.9. The molecule has 0 spiro atoms. The summed E-state index contributed by atoms with van der Waals surface area (Å²) in [5.74, 6) is 0. The van der Waals surface area contributed by atoms with Crippen LogP contribution in [0.2, 0.25) is 0 Å². The predicted molar refractivity (Wildman–Crippen MR) is 71.6 cm³/mol. The first kappa shape index (κ1) is 13.9. The average Bonchev–Trinajstić information content (AvgIpc) is 2.84. The number of carbonyl (C=O) groups excluding carboxylic acids is 1. The van der Waals surface area contributed by atoms with Crippen LogP contribution < -0.4 is 10.6 Å². The zero-order valence-electron chi connectivity index (χ0n) is 11.9. The Balaban J connectivity index is 1.66. The van der Waals surface area contributed by atoms with Crippen LogP contribution in [0.3, 0.4) is 0 Å². The number of hydrogen-bond acceptors (Lipinski definition) is 4. The maximum Gasteiger partial charge on any atom is 0.407 e. The Morgan fingerprint density at radius 1 is 1.53 bits per heavy atom. The molecule has 1 fully saturated rings. The molecular weight excluding hydrogens is 244 g/mol. The van der Waals surface area contributed by atoms with Crippen molar-refractivity contribution in [1.29, 1.82) is 0 Å². The second-order valence-electron chi connectivity index (χ2n) is 6.00. The summed E-state index contributed by atoms with van der Waals surface area (Å²) in [6.07, 6.45) is 4.42. The lowest BCUT2D eigenvalue weighted by molar-refractivity contribution is 0.0522. The largest absolute Gasteiger partial charge is 0.444 e. The van der Waals surface area contributed by atoms with Gasteiger partial charge in [-0.05, 0) is 27.2 Å². The molecule has 1 aromatic rings. The van der Waals surface area contributed by atoms with E-state index in [2.05, 4.69) is 15.7 Å². The third kappa shape index (κ3) is 4.55. The number of ether oxygens (including phenoxy) is 1. The number of amides is 1. The lowest BCUT2D eigenvalue weighted by Gasteiger charge is -2.19. The summed E-state index contributed by atoms with van der Waals surface area (Å²) in [5, 5.41) is 10.3. The number of carbonyl (C=O) groups is 1. The van der Waals surface area contributed by atoms with Gasteiger partial charge in [-0.1, -0.05) is 0 Å². The number of rotatable bonds is 4. The van der Waals surface area contributed by atoms with Crippen molar-refractivity contribution in [3.05, 3.63) is 18.0 Å². The summed E-state index contributed by atoms with van der Waals surface area (Å²) in [7, 11) is 1.90. The molecule has 0 saturated heterocycles. The van der Waals surface area contributed by atoms with Crippen LogP contribution in [-0.2, 0) is 18.3 Å². The van der Waals surface area contributed by atoms with Gasteiger partial charge in [0.25, 0.3) is 0 Å². The fourth-order valence-corrected chi connectivity index (χ4v) is 1.85. The van der Waals surface area contributed by atoms with Crippen LogP contribution in [0.5, 0.6) is 0 Å². The Morgan fingerprint density at radius 2 is 2.26 bits per heavy atom. The molecule has 0 aromatic carbocycles. The zero-order chi connectivity index (χ0) is 14.0. The number of hydrogen-bond donors (Lipinski definition) is 2. The van der Waals surface area contributed by atoms with E-state index in [4.69, 9.17) is 4.74 Å². The minimum Gasteiger partial charge on any atom is -0.444 e. The van der Waals surface area contributed by atoms with Crippen molar-refractivity contribution in [3.63, 3.8) is 0 Å². The number of nitrogens with zero attached hydrogens (tertiary/aromatic N) is 2. The Morgan fingerprint density at radius 3 is 2.84 bits per heavy atom. The lowest BCUT2D eigenvalue weighted by Crippen LogP contribution is -2.36. The molecule has 1 aliphatic rings. The molecule has 1 amide bonds. The minimum absolute atomic E-state index is 0.173. The summed E-state index contributed by atoms with van der Waals surface area (Å²) in [5.41, 5.74) is 0.697. The topological polar surface area (TPSA) is 68.2 Å². The maximum absolute atomic E-state index is 11.6. The van der Waals surface area contributed by atoms with Crippen LogP contribution >= 0.6 is 0 Å². The lowest BCUT2D eigenvalue weighted by atomic mass is 10.2. The molecule has 6 nitrogen and oxygen atoms in total. The molecule has 0 bridgehead atoms. The van der Waals surface area contributed by atoms with Gasteiger partial charge in [0.1, 0.15) is 5.60 Å². The highest BCUT2D eigenvalue weighted by Gasteiger charge is 2.38. The molecule has 1 aromatic heterocycles. The van der Waals surface area contributed by atoms with Crippen molar-refractivity contribution in [1.82, 2.24) is 20.4 Å². The van der Waals surface area contributed by atoms with E-state index in [0.29, 0.717) is 6.04 Å². The summed E-state index contributed by atoms with van der Waals surface area (Å²) in [6.45, 7) is 6.35. The monoisotopic (exact) mass is 266 g/mol. The fourth-order valence-electron chi connectivity index (χ4n) is 1.85. The van der Waals surface area contributed by atoms with Crippen LogP contribution in [-0.4, -0.2) is 33.6 Å². The van der Waals surface area contributed by atoms with Crippen LogP contribution in [0.25, 0.3) is 0 Å². The smallest absolute Gasteiger partial charge is 0.407 e. The summed E-state index contributed by atoms with van der Waals surface area (Å²) < 4.78 is 6.99. The van der Waals surface area contributed by atoms with E-state index in [-0.39, 0.29) is 12.1 Å². The van der Waals surface area contributed by atoms with Crippen molar-refractivity contribution in [3.8, 4) is 0 Å². The Kier molecular flexibility index (Phi) is 3.80.